The SMILES string of the molecule is Cc1ccc(C)c(SCCCCC(C)(CO)NC2CC2)c1. The largest absolute Gasteiger partial charge is 0.394 e. The Hall–Kier alpha value is -0.510. The number of benzene rings is 1. The van der Waals surface area contributed by atoms with Crippen molar-refractivity contribution >= 4 is 11.8 Å². The van der Waals surface area contributed by atoms with Crippen molar-refractivity contribution in [3.8, 4) is 0 Å². The molecule has 3 heteroatoms. The van der Waals surface area contributed by atoms with Gasteiger partial charge in [0.2, 0.25) is 0 Å². The maximum atomic E-state index is 9.60. The highest BCUT2D eigenvalue weighted by Gasteiger charge is 2.31. The van der Waals surface area contributed by atoms with Gasteiger partial charge in [-0.1, -0.05) is 24.1 Å². The summed E-state index contributed by atoms with van der Waals surface area (Å²) in [6.07, 6.45) is 6.00. The van der Waals surface area contributed by atoms with E-state index in [1.54, 1.807) is 0 Å². The Morgan fingerprint density at radius 2 is 2.05 bits per heavy atom. The lowest BCUT2D eigenvalue weighted by Gasteiger charge is -2.29. The lowest BCUT2D eigenvalue weighted by Crippen LogP contribution is -2.46. The number of thioether (sulfide) groups is 1. The fourth-order valence-electron chi connectivity index (χ4n) is 2.58. The molecule has 118 valence electrons. The number of aryl methyl sites for hydroxylation is 2. The number of nitrogens with one attached hydrogen (secondary N) is 1. The molecule has 1 unspecified atom stereocenters. The van der Waals surface area contributed by atoms with E-state index in [9.17, 15) is 5.11 Å². The summed E-state index contributed by atoms with van der Waals surface area (Å²) in [5, 5.41) is 13.2. The van der Waals surface area contributed by atoms with Crippen LogP contribution in [0, 0.1) is 13.8 Å². The molecule has 21 heavy (non-hydrogen) atoms. The second-order valence-corrected chi connectivity index (χ2v) is 7.85. The second kappa shape index (κ2) is 7.66. The van der Waals surface area contributed by atoms with Crippen molar-refractivity contribution in [1.29, 1.82) is 0 Å². The van der Waals surface area contributed by atoms with E-state index in [2.05, 4.69) is 44.3 Å². The number of hydrogen-bond donors (Lipinski definition) is 2. The van der Waals surface area contributed by atoms with E-state index in [0.717, 1.165) is 12.2 Å². The smallest absolute Gasteiger partial charge is 0.0610 e. The monoisotopic (exact) mass is 307 g/mol. The summed E-state index contributed by atoms with van der Waals surface area (Å²) in [5.74, 6) is 1.16. The fourth-order valence-corrected chi connectivity index (χ4v) is 3.71. The topological polar surface area (TPSA) is 32.3 Å². The highest BCUT2D eigenvalue weighted by Crippen LogP contribution is 2.27. The predicted octanol–water partition coefficient (Wildman–Crippen LogP) is 4.07. The molecule has 1 aromatic carbocycles. The van der Waals surface area contributed by atoms with Gasteiger partial charge in [0.1, 0.15) is 0 Å². The van der Waals surface area contributed by atoms with Crippen molar-refractivity contribution in [3.63, 3.8) is 0 Å². The van der Waals surface area contributed by atoms with Crippen molar-refractivity contribution in [2.45, 2.75) is 69.4 Å². The minimum absolute atomic E-state index is 0.0783. The molecule has 0 heterocycles. The van der Waals surface area contributed by atoms with E-state index in [0.29, 0.717) is 6.04 Å². The normalized spacial score (nSPS) is 17.7. The zero-order valence-corrected chi connectivity index (χ0v) is 14.4. The van der Waals surface area contributed by atoms with Gasteiger partial charge in [-0.3, -0.25) is 0 Å². The molecule has 0 bridgehead atoms. The van der Waals surface area contributed by atoms with Crippen molar-refractivity contribution in [2.75, 3.05) is 12.4 Å². The third-order valence-electron chi connectivity index (χ3n) is 4.20. The van der Waals surface area contributed by atoms with Crippen LogP contribution < -0.4 is 5.32 Å². The van der Waals surface area contributed by atoms with Gasteiger partial charge in [0.05, 0.1) is 6.61 Å². The zero-order valence-electron chi connectivity index (χ0n) is 13.6. The molecule has 1 atom stereocenters. The van der Waals surface area contributed by atoms with Crippen LogP contribution in [-0.2, 0) is 0 Å². The van der Waals surface area contributed by atoms with Crippen LogP contribution in [0.2, 0.25) is 0 Å². The average molecular weight is 308 g/mol. The van der Waals surface area contributed by atoms with Gasteiger partial charge in [-0.25, -0.2) is 0 Å². The van der Waals surface area contributed by atoms with Crippen LogP contribution in [0.4, 0.5) is 0 Å². The Labute approximate surface area is 133 Å². The van der Waals surface area contributed by atoms with Gasteiger partial charge in [-0.15, -0.1) is 11.8 Å². The molecule has 0 radical (unpaired) electrons. The molecule has 2 nitrogen and oxygen atoms in total. The summed E-state index contributed by atoms with van der Waals surface area (Å²) in [4.78, 5) is 1.41. The highest BCUT2D eigenvalue weighted by atomic mass is 32.2. The van der Waals surface area contributed by atoms with E-state index < -0.39 is 0 Å². The van der Waals surface area contributed by atoms with Crippen molar-refractivity contribution in [3.05, 3.63) is 29.3 Å². The molecule has 1 aliphatic carbocycles. The van der Waals surface area contributed by atoms with Gasteiger partial charge in [0, 0.05) is 16.5 Å². The third kappa shape index (κ3) is 5.65. The number of rotatable bonds is 9. The Morgan fingerprint density at radius 3 is 2.71 bits per heavy atom. The van der Waals surface area contributed by atoms with Gasteiger partial charge in [0.25, 0.3) is 0 Å². The zero-order chi connectivity index (χ0) is 15.3. The maximum Gasteiger partial charge on any atom is 0.0610 e. The molecular weight excluding hydrogens is 278 g/mol. The summed E-state index contributed by atoms with van der Waals surface area (Å²) in [6, 6.07) is 7.33. The molecule has 0 aromatic heterocycles. The molecule has 1 aromatic rings. The van der Waals surface area contributed by atoms with Gasteiger partial charge in [0.15, 0.2) is 0 Å². The van der Waals surface area contributed by atoms with Crippen LogP contribution in [0.3, 0.4) is 0 Å². The van der Waals surface area contributed by atoms with Crippen molar-refractivity contribution in [2.24, 2.45) is 0 Å². The van der Waals surface area contributed by atoms with Gasteiger partial charge < -0.3 is 10.4 Å². The quantitative estimate of drug-likeness (QED) is 0.533. The number of unbranched alkanes of at least 4 members (excludes halogenated alkanes) is 1. The summed E-state index contributed by atoms with van der Waals surface area (Å²) in [6.45, 7) is 6.74. The Bertz CT molecular complexity index is 459. The molecule has 0 spiro atoms. The lowest BCUT2D eigenvalue weighted by molar-refractivity contribution is 0.161. The van der Waals surface area contributed by atoms with E-state index >= 15 is 0 Å². The first-order chi connectivity index (χ1) is 10.0. The molecule has 1 fully saturated rings. The van der Waals surface area contributed by atoms with Gasteiger partial charge >= 0.3 is 0 Å². The lowest BCUT2D eigenvalue weighted by atomic mass is 9.96. The van der Waals surface area contributed by atoms with Crippen LogP contribution in [0.15, 0.2) is 23.1 Å². The predicted molar refractivity (Wildman–Crippen MR) is 92.1 cm³/mol. The Morgan fingerprint density at radius 1 is 1.29 bits per heavy atom. The molecule has 0 aliphatic heterocycles. The second-order valence-electron chi connectivity index (χ2n) is 6.71. The number of aliphatic hydroxyl groups is 1. The molecule has 2 rings (SSSR count). The van der Waals surface area contributed by atoms with Crippen LogP contribution in [0.1, 0.15) is 50.2 Å². The number of hydrogen-bond acceptors (Lipinski definition) is 3. The highest BCUT2D eigenvalue weighted by molar-refractivity contribution is 7.99. The van der Waals surface area contributed by atoms with Crippen LogP contribution in [-0.4, -0.2) is 29.0 Å². The molecule has 1 saturated carbocycles. The summed E-state index contributed by atoms with van der Waals surface area (Å²) < 4.78 is 0. The molecular formula is C18H29NOS. The first kappa shape index (κ1) is 16.9. The van der Waals surface area contributed by atoms with E-state index in [-0.39, 0.29) is 12.1 Å². The molecule has 2 N–H and O–H groups in total. The summed E-state index contributed by atoms with van der Waals surface area (Å²) in [7, 11) is 0. The standard InChI is InChI=1S/C18H29NOS/c1-14-6-7-15(2)17(12-14)21-11-5-4-10-18(3,13-20)19-16-8-9-16/h6-7,12,16,19-20H,4-5,8-11,13H2,1-3H3. The summed E-state index contributed by atoms with van der Waals surface area (Å²) in [5.41, 5.74) is 2.64. The van der Waals surface area contributed by atoms with Gasteiger partial charge in [-0.05, 0) is 63.8 Å². The first-order valence-corrected chi connectivity index (χ1v) is 9.09. The minimum atomic E-state index is -0.0783. The third-order valence-corrected chi connectivity index (χ3v) is 5.45. The van der Waals surface area contributed by atoms with Crippen LogP contribution in [0.5, 0.6) is 0 Å². The van der Waals surface area contributed by atoms with E-state index in [1.165, 1.54) is 41.7 Å². The van der Waals surface area contributed by atoms with E-state index in [1.807, 2.05) is 11.8 Å². The molecule has 0 saturated heterocycles. The van der Waals surface area contributed by atoms with Gasteiger partial charge in [-0.2, -0.15) is 0 Å². The van der Waals surface area contributed by atoms with Crippen molar-refractivity contribution in [1.82, 2.24) is 5.32 Å². The van der Waals surface area contributed by atoms with E-state index in [4.69, 9.17) is 0 Å². The number of aliphatic hydroxyl groups excluding tert-OH is 1. The summed E-state index contributed by atoms with van der Waals surface area (Å²) >= 11 is 1.96. The Kier molecular flexibility index (Phi) is 6.15. The van der Waals surface area contributed by atoms with Crippen molar-refractivity contribution < 1.29 is 5.11 Å². The average Bonchev–Trinajstić information content (AvgIpc) is 3.26. The molecule has 0 amide bonds. The fraction of sp³-hybridized carbons (Fsp3) is 0.667. The maximum absolute atomic E-state index is 9.60. The molecule has 1 aliphatic rings. The minimum Gasteiger partial charge on any atom is -0.394 e. The van der Waals surface area contributed by atoms with Crippen LogP contribution >= 0.6 is 11.8 Å². The Balaban J connectivity index is 1.68. The first-order valence-electron chi connectivity index (χ1n) is 8.11. The van der Waals surface area contributed by atoms with Crippen LogP contribution in [0.25, 0.3) is 0 Å².